The van der Waals surface area contributed by atoms with Gasteiger partial charge in [0.2, 0.25) is 0 Å². The zero-order valence-electron chi connectivity index (χ0n) is 10.7. The Labute approximate surface area is 123 Å². The number of nitrogens with two attached hydrogens (primary N) is 1. The van der Waals surface area contributed by atoms with E-state index in [1.54, 1.807) is 18.2 Å². The van der Waals surface area contributed by atoms with E-state index in [9.17, 15) is 13.2 Å². The molecule has 20 heavy (non-hydrogen) atoms. The number of hydrogen-bond acceptors (Lipinski definition) is 1. The largest absolute Gasteiger partial charge is 0.416 e. The molecule has 0 amide bonds. The van der Waals surface area contributed by atoms with Crippen LogP contribution in [0.25, 0.3) is 0 Å². The molecule has 1 unspecified atom stereocenters. The third-order valence-corrected chi connectivity index (χ3v) is 4.24. The van der Waals surface area contributed by atoms with Gasteiger partial charge in [0.15, 0.2) is 0 Å². The van der Waals surface area contributed by atoms with Crippen molar-refractivity contribution in [2.24, 2.45) is 5.73 Å². The van der Waals surface area contributed by atoms with Crippen molar-refractivity contribution in [3.05, 3.63) is 69.2 Å². The molecule has 0 aliphatic rings. The molecule has 0 bridgehead atoms. The lowest BCUT2D eigenvalue weighted by Gasteiger charge is -2.20. The van der Waals surface area contributed by atoms with Gasteiger partial charge in [-0.1, -0.05) is 52.3 Å². The molecule has 2 rings (SSSR count). The molecule has 0 aromatic heterocycles. The SMILES string of the molecule is Cc1cccc(C(N)c2ccccc2C(F)(F)F)c1Br. The van der Waals surface area contributed by atoms with Crippen LogP contribution in [-0.4, -0.2) is 0 Å². The molecule has 2 aromatic carbocycles. The lowest BCUT2D eigenvalue weighted by Crippen LogP contribution is -2.19. The van der Waals surface area contributed by atoms with Crippen LogP contribution in [0.4, 0.5) is 13.2 Å². The number of benzene rings is 2. The maximum absolute atomic E-state index is 13.0. The lowest BCUT2D eigenvalue weighted by atomic mass is 9.94. The van der Waals surface area contributed by atoms with Crippen molar-refractivity contribution in [2.45, 2.75) is 19.1 Å². The summed E-state index contributed by atoms with van der Waals surface area (Å²) in [5, 5.41) is 0. The van der Waals surface area contributed by atoms with Crippen molar-refractivity contribution in [1.82, 2.24) is 0 Å². The summed E-state index contributed by atoms with van der Waals surface area (Å²) in [7, 11) is 0. The first kappa shape index (κ1) is 15.1. The first-order valence-corrected chi connectivity index (χ1v) is 6.78. The molecule has 5 heteroatoms. The van der Waals surface area contributed by atoms with E-state index >= 15 is 0 Å². The van der Waals surface area contributed by atoms with Crippen molar-refractivity contribution in [3.8, 4) is 0 Å². The summed E-state index contributed by atoms with van der Waals surface area (Å²) in [5.74, 6) is 0. The fraction of sp³-hybridized carbons (Fsp3) is 0.200. The van der Waals surface area contributed by atoms with Gasteiger partial charge in [-0.25, -0.2) is 0 Å². The highest BCUT2D eigenvalue weighted by atomic mass is 79.9. The van der Waals surface area contributed by atoms with Gasteiger partial charge in [0.05, 0.1) is 11.6 Å². The van der Waals surface area contributed by atoms with Crippen LogP contribution in [0.3, 0.4) is 0 Å². The molecule has 106 valence electrons. The number of aryl methyl sites for hydroxylation is 1. The van der Waals surface area contributed by atoms with Gasteiger partial charge < -0.3 is 5.73 Å². The second-order valence-corrected chi connectivity index (χ2v) is 5.33. The van der Waals surface area contributed by atoms with Crippen molar-refractivity contribution < 1.29 is 13.2 Å². The van der Waals surface area contributed by atoms with Gasteiger partial charge in [-0.05, 0) is 29.7 Å². The van der Waals surface area contributed by atoms with Gasteiger partial charge in [0, 0.05) is 4.47 Å². The Morgan fingerprint density at radius 2 is 1.60 bits per heavy atom. The predicted octanol–water partition coefficient (Wildman–Crippen LogP) is 4.82. The Hall–Kier alpha value is -1.33. The molecule has 2 N–H and O–H groups in total. The van der Waals surface area contributed by atoms with Crippen LogP contribution < -0.4 is 5.73 Å². The zero-order chi connectivity index (χ0) is 14.9. The molecular weight excluding hydrogens is 331 g/mol. The number of alkyl halides is 3. The van der Waals surface area contributed by atoms with E-state index in [-0.39, 0.29) is 5.56 Å². The quantitative estimate of drug-likeness (QED) is 0.830. The highest BCUT2D eigenvalue weighted by Gasteiger charge is 2.34. The van der Waals surface area contributed by atoms with Gasteiger partial charge >= 0.3 is 6.18 Å². The molecule has 0 saturated carbocycles. The Kier molecular flexibility index (Phi) is 4.20. The second-order valence-electron chi connectivity index (χ2n) is 4.54. The first-order chi connectivity index (χ1) is 9.32. The minimum Gasteiger partial charge on any atom is -0.320 e. The molecule has 0 aliphatic carbocycles. The first-order valence-electron chi connectivity index (χ1n) is 5.99. The van der Waals surface area contributed by atoms with Gasteiger partial charge in [0.25, 0.3) is 0 Å². The molecule has 0 spiro atoms. The van der Waals surface area contributed by atoms with Crippen molar-refractivity contribution >= 4 is 15.9 Å². The van der Waals surface area contributed by atoms with Crippen molar-refractivity contribution in [1.29, 1.82) is 0 Å². The van der Waals surface area contributed by atoms with Crippen molar-refractivity contribution in [2.75, 3.05) is 0 Å². The Balaban J connectivity index is 2.55. The number of rotatable bonds is 2. The maximum atomic E-state index is 13.0. The Morgan fingerprint density at radius 1 is 1.00 bits per heavy atom. The average Bonchev–Trinajstić information content (AvgIpc) is 2.40. The molecule has 0 radical (unpaired) electrons. The third kappa shape index (κ3) is 2.88. The summed E-state index contributed by atoms with van der Waals surface area (Å²) in [6, 6.07) is 9.96. The highest BCUT2D eigenvalue weighted by molar-refractivity contribution is 9.10. The van der Waals surface area contributed by atoms with E-state index in [0.717, 1.165) is 16.1 Å². The smallest absolute Gasteiger partial charge is 0.320 e. The second kappa shape index (κ2) is 5.58. The highest BCUT2D eigenvalue weighted by Crippen LogP contribution is 2.37. The molecular formula is C15H13BrF3N. The van der Waals surface area contributed by atoms with E-state index in [4.69, 9.17) is 5.73 Å². The summed E-state index contributed by atoms with van der Waals surface area (Å²) in [6.45, 7) is 1.87. The Morgan fingerprint density at radius 3 is 2.25 bits per heavy atom. The van der Waals surface area contributed by atoms with Gasteiger partial charge in [0.1, 0.15) is 0 Å². The number of halogens is 4. The van der Waals surface area contributed by atoms with E-state index in [1.165, 1.54) is 12.1 Å². The zero-order valence-corrected chi connectivity index (χ0v) is 12.3. The third-order valence-electron chi connectivity index (χ3n) is 3.16. The molecule has 1 nitrogen and oxygen atoms in total. The minimum absolute atomic E-state index is 0.0753. The molecule has 1 atom stereocenters. The average molecular weight is 344 g/mol. The molecule has 0 fully saturated rings. The van der Waals surface area contributed by atoms with Gasteiger partial charge in [-0.3, -0.25) is 0 Å². The lowest BCUT2D eigenvalue weighted by molar-refractivity contribution is -0.138. The summed E-state index contributed by atoms with van der Waals surface area (Å²) in [4.78, 5) is 0. The van der Waals surface area contributed by atoms with E-state index in [2.05, 4.69) is 15.9 Å². The van der Waals surface area contributed by atoms with Gasteiger partial charge in [-0.2, -0.15) is 13.2 Å². The normalized spacial score (nSPS) is 13.3. The summed E-state index contributed by atoms with van der Waals surface area (Å²) < 4.78 is 39.9. The maximum Gasteiger partial charge on any atom is 0.416 e. The van der Waals surface area contributed by atoms with Crippen LogP contribution in [0.2, 0.25) is 0 Å². The van der Waals surface area contributed by atoms with Crippen LogP contribution in [0.5, 0.6) is 0 Å². The van der Waals surface area contributed by atoms with Crippen LogP contribution in [-0.2, 0) is 6.18 Å². The van der Waals surface area contributed by atoms with Crippen LogP contribution in [0.15, 0.2) is 46.9 Å². The van der Waals surface area contributed by atoms with E-state index in [1.807, 2.05) is 13.0 Å². The molecule has 0 heterocycles. The number of hydrogen-bond donors (Lipinski definition) is 1. The fourth-order valence-electron chi connectivity index (χ4n) is 2.10. The Bertz CT molecular complexity index is 623. The topological polar surface area (TPSA) is 26.0 Å². The van der Waals surface area contributed by atoms with Crippen molar-refractivity contribution in [3.63, 3.8) is 0 Å². The monoisotopic (exact) mass is 343 g/mol. The summed E-state index contributed by atoms with van der Waals surface area (Å²) in [5.41, 5.74) is 7.01. The summed E-state index contributed by atoms with van der Waals surface area (Å²) >= 11 is 3.39. The van der Waals surface area contributed by atoms with Crippen LogP contribution >= 0.6 is 15.9 Å². The molecule has 0 saturated heterocycles. The molecule has 0 aliphatic heterocycles. The fourth-order valence-corrected chi connectivity index (χ4v) is 2.62. The summed E-state index contributed by atoms with van der Waals surface area (Å²) in [6.07, 6.45) is -4.41. The van der Waals surface area contributed by atoms with Gasteiger partial charge in [-0.15, -0.1) is 0 Å². The standard InChI is InChI=1S/C15H13BrF3N/c1-9-5-4-7-11(13(9)16)14(20)10-6-2-3-8-12(10)15(17,18)19/h2-8,14H,20H2,1H3. The predicted molar refractivity (Wildman–Crippen MR) is 76.4 cm³/mol. The van der Waals surface area contributed by atoms with E-state index in [0.29, 0.717) is 5.56 Å². The molecule has 2 aromatic rings. The minimum atomic E-state index is -4.41. The van der Waals surface area contributed by atoms with Crippen LogP contribution in [0, 0.1) is 6.92 Å². The van der Waals surface area contributed by atoms with Crippen LogP contribution in [0.1, 0.15) is 28.3 Å². The van der Waals surface area contributed by atoms with E-state index < -0.39 is 17.8 Å².